The number of piperazine rings is 1. The average Bonchev–Trinajstić information content (AvgIpc) is 3.30. The van der Waals surface area contributed by atoms with E-state index in [9.17, 15) is 4.79 Å². The highest BCUT2D eigenvalue weighted by Gasteiger charge is 2.23. The zero-order chi connectivity index (χ0) is 22.1. The van der Waals surface area contributed by atoms with Crippen molar-refractivity contribution in [1.82, 2.24) is 19.8 Å². The van der Waals surface area contributed by atoms with E-state index >= 15 is 0 Å². The second-order valence-electron chi connectivity index (χ2n) is 8.28. The second-order valence-corrected chi connectivity index (χ2v) is 8.28. The molecule has 2 aliphatic heterocycles. The molecule has 2 aromatic carbocycles. The predicted octanol–water partition coefficient (Wildman–Crippen LogP) is 3.44. The molecule has 7 heteroatoms. The first-order chi connectivity index (χ1) is 15.6. The quantitative estimate of drug-likeness (QED) is 0.615. The summed E-state index contributed by atoms with van der Waals surface area (Å²) in [6.45, 7) is 8.42. The molecule has 5 rings (SSSR count). The number of rotatable bonds is 5. The average molecular weight is 433 g/mol. The van der Waals surface area contributed by atoms with Crippen LogP contribution < -0.4 is 9.47 Å². The van der Waals surface area contributed by atoms with E-state index in [0.717, 1.165) is 66.4 Å². The first kappa shape index (κ1) is 20.7. The van der Waals surface area contributed by atoms with Crippen LogP contribution in [0.15, 0.2) is 36.4 Å². The standard InChI is InChI=1S/C25H28N4O3/c1-3-19-20(4-2)27-22-14-18(6-7-21(22)26-19)25(30)29-11-9-28(10-12-29)15-17-5-8-23-24(13-17)32-16-31-23/h5-8,13-14H,3-4,9-12,15-16H2,1-2H3. The van der Waals surface area contributed by atoms with Crippen molar-refractivity contribution >= 4 is 16.9 Å². The lowest BCUT2D eigenvalue weighted by Crippen LogP contribution is -2.48. The van der Waals surface area contributed by atoms with Gasteiger partial charge in [0, 0.05) is 38.3 Å². The molecule has 32 heavy (non-hydrogen) atoms. The Morgan fingerprint density at radius 1 is 0.875 bits per heavy atom. The Hall–Kier alpha value is -3.19. The van der Waals surface area contributed by atoms with Gasteiger partial charge < -0.3 is 14.4 Å². The highest BCUT2D eigenvalue weighted by atomic mass is 16.7. The summed E-state index contributed by atoms with van der Waals surface area (Å²) in [5.74, 6) is 1.68. The van der Waals surface area contributed by atoms with Gasteiger partial charge in [0.05, 0.1) is 22.4 Å². The zero-order valence-electron chi connectivity index (χ0n) is 18.6. The summed E-state index contributed by atoms with van der Waals surface area (Å²) in [7, 11) is 0. The minimum atomic E-state index is 0.0639. The van der Waals surface area contributed by atoms with Crippen molar-refractivity contribution in [2.45, 2.75) is 33.2 Å². The zero-order valence-corrected chi connectivity index (χ0v) is 18.6. The summed E-state index contributed by atoms with van der Waals surface area (Å²) in [5.41, 5.74) is 5.58. The number of ether oxygens (including phenoxy) is 2. The van der Waals surface area contributed by atoms with Crippen molar-refractivity contribution in [3.8, 4) is 11.5 Å². The molecule has 1 saturated heterocycles. The molecular weight excluding hydrogens is 404 g/mol. The molecule has 0 saturated carbocycles. The summed E-state index contributed by atoms with van der Waals surface area (Å²) in [6, 6.07) is 11.8. The number of amides is 1. The molecule has 1 amide bonds. The summed E-state index contributed by atoms with van der Waals surface area (Å²) < 4.78 is 10.9. The number of fused-ring (bicyclic) bond motifs is 2. The Bertz CT molecular complexity index is 1160. The van der Waals surface area contributed by atoms with Gasteiger partial charge in [-0.05, 0) is 48.7 Å². The fraction of sp³-hybridized carbons (Fsp3) is 0.400. The van der Waals surface area contributed by atoms with Crippen LogP contribution in [0.1, 0.15) is 41.2 Å². The lowest BCUT2D eigenvalue weighted by Gasteiger charge is -2.34. The topological polar surface area (TPSA) is 67.8 Å². The number of nitrogens with zero attached hydrogens (tertiary/aromatic N) is 4. The smallest absolute Gasteiger partial charge is 0.254 e. The number of hydrogen-bond acceptors (Lipinski definition) is 6. The number of hydrogen-bond donors (Lipinski definition) is 0. The van der Waals surface area contributed by atoms with Crippen molar-refractivity contribution < 1.29 is 14.3 Å². The molecule has 7 nitrogen and oxygen atoms in total. The maximum absolute atomic E-state index is 13.1. The van der Waals surface area contributed by atoms with Gasteiger partial charge in [0.25, 0.3) is 5.91 Å². The number of carbonyl (C=O) groups excluding carboxylic acids is 1. The van der Waals surface area contributed by atoms with Gasteiger partial charge >= 0.3 is 0 Å². The van der Waals surface area contributed by atoms with E-state index in [4.69, 9.17) is 19.4 Å². The van der Waals surface area contributed by atoms with E-state index < -0.39 is 0 Å². The van der Waals surface area contributed by atoms with Gasteiger partial charge in [-0.2, -0.15) is 0 Å². The summed E-state index contributed by atoms with van der Waals surface area (Å²) in [6.07, 6.45) is 1.71. The van der Waals surface area contributed by atoms with Crippen LogP contribution in [0.4, 0.5) is 0 Å². The van der Waals surface area contributed by atoms with Gasteiger partial charge in [-0.1, -0.05) is 19.9 Å². The van der Waals surface area contributed by atoms with Gasteiger partial charge in [0.2, 0.25) is 6.79 Å². The Labute approximate surface area is 188 Å². The third-order valence-electron chi connectivity index (χ3n) is 6.24. The molecule has 166 valence electrons. The van der Waals surface area contributed by atoms with Crippen molar-refractivity contribution in [3.05, 3.63) is 58.9 Å². The largest absolute Gasteiger partial charge is 0.454 e. The van der Waals surface area contributed by atoms with Crippen molar-refractivity contribution in [2.75, 3.05) is 33.0 Å². The third-order valence-corrected chi connectivity index (χ3v) is 6.24. The highest BCUT2D eigenvalue weighted by molar-refractivity contribution is 5.97. The molecule has 0 atom stereocenters. The van der Waals surface area contributed by atoms with Crippen LogP contribution in [0.25, 0.3) is 11.0 Å². The molecule has 0 N–H and O–H groups in total. The molecule has 1 aromatic heterocycles. The van der Waals surface area contributed by atoms with Crippen LogP contribution in [-0.2, 0) is 19.4 Å². The van der Waals surface area contributed by atoms with E-state index in [-0.39, 0.29) is 5.91 Å². The minimum Gasteiger partial charge on any atom is -0.454 e. The lowest BCUT2D eigenvalue weighted by atomic mass is 10.1. The molecule has 0 spiro atoms. The number of aryl methyl sites for hydroxylation is 2. The normalized spacial score (nSPS) is 16.0. The Kier molecular flexibility index (Phi) is 5.66. The maximum atomic E-state index is 13.1. The van der Waals surface area contributed by atoms with Crippen LogP contribution in [0, 0.1) is 0 Å². The van der Waals surface area contributed by atoms with Gasteiger partial charge in [0.1, 0.15) is 0 Å². The summed E-state index contributed by atoms with van der Waals surface area (Å²) in [5, 5.41) is 0. The van der Waals surface area contributed by atoms with Gasteiger partial charge in [-0.3, -0.25) is 9.69 Å². The molecule has 0 unspecified atom stereocenters. The first-order valence-electron chi connectivity index (χ1n) is 11.3. The summed E-state index contributed by atoms with van der Waals surface area (Å²) >= 11 is 0. The molecule has 0 radical (unpaired) electrons. The van der Waals surface area contributed by atoms with Crippen molar-refractivity contribution in [1.29, 1.82) is 0 Å². The van der Waals surface area contributed by atoms with E-state index in [0.29, 0.717) is 25.4 Å². The van der Waals surface area contributed by atoms with E-state index in [1.165, 1.54) is 5.56 Å². The van der Waals surface area contributed by atoms with Crippen molar-refractivity contribution in [3.63, 3.8) is 0 Å². The van der Waals surface area contributed by atoms with E-state index in [1.54, 1.807) is 0 Å². The fourth-order valence-electron chi connectivity index (χ4n) is 4.42. The Morgan fingerprint density at radius 2 is 1.59 bits per heavy atom. The van der Waals surface area contributed by atoms with Crippen molar-refractivity contribution in [2.24, 2.45) is 0 Å². The third kappa shape index (κ3) is 4.00. The number of benzene rings is 2. The fourth-order valence-corrected chi connectivity index (χ4v) is 4.42. The van der Waals surface area contributed by atoms with Gasteiger partial charge in [-0.25, -0.2) is 9.97 Å². The van der Waals surface area contributed by atoms with Crippen LogP contribution in [-0.4, -0.2) is 58.6 Å². The lowest BCUT2D eigenvalue weighted by molar-refractivity contribution is 0.0628. The SMILES string of the molecule is CCc1nc2ccc(C(=O)N3CCN(Cc4ccc5c(c4)OCO5)CC3)cc2nc1CC. The molecule has 2 aliphatic rings. The highest BCUT2D eigenvalue weighted by Crippen LogP contribution is 2.32. The Morgan fingerprint density at radius 3 is 2.34 bits per heavy atom. The number of carbonyl (C=O) groups is 1. The number of aromatic nitrogens is 2. The molecule has 3 heterocycles. The molecule has 0 bridgehead atoms. The van der Waals surface area contributed by atoms with Crippen LogP contribution in [0.2, 0.25) is 0 Å². The molecular formula is C25H28N4O3. The predicted molar refractivity (Wildman–Crippen MR) is 122 cm³/mol. The van der Waals surface area contributed by atoms with Crippen LogP contribution in [0.3, 0.4) is 0 Å². The van der Waals surface area contributed by atoms with E-state index in [2.05, 4.69) is 24.8 Å². The molecule has 3 aromatic rings. The van der Waals surface area contributed by atoms with Gasteiger partial charge in [-0.15, -0.1) is 0 Å². The first-order valence-corrected chi connectivity index (χ1v) is 11.3. The van der Waals surface area contributed by atoms with E-state index in [1.807, 2.05) is 35.2 Å². The maximum Gasteiger partial charge on any atom is 0.254 e. The Balaban J connectivity index is 1.24. The van der Waals surface area contributed by atoms with Crippen LogP contribution >= 0.6 is 0 Å². The summed E-state index contributed by atoms with van der Waals surface area (Å²) in [4.78, 5) is 27.0. The minimum absolute atomic E-state index is 0.0639. The van der Waals surface area contributed by atoms with Crippen LogP contribution in [0.5, 0.6) is 11.5 Å². The second kappa shape index (κ2) is 8.74. The monoisotopic (exact) mass is 432 g/mol. The molecule has 0 aliphatic carbocycles. The van der Waals surface area contributed by atoms with Gasteiger partial charge in [0.15, 0.2) is 11.5 Å². The molecule has 1 fully saturated rings.